The largest absolute Gasteiger partial charge is 0.458 e. The molecule has 256 valence electrons. The number of hydrogen-bond acceptors (Lipinski definition) is 11. The second-order valence-electron chi connectivity index (χ2n) is 14.3. The van der Waals surface area contributed by atoms with E-state index in [1.807, 2.05) is 53.6 Å². The first-order valence-corrected chi connectivity index (χ1v) is 16.5. The standard InChI is InChI=1S/C33H55N3O9/c1-12-23-33(8)27-19(4)24(34-13-14-36(27)31(40)45-33)17(2)16-32(7,41-11)28(20(5)25(37)21(6)29(39)43-23)44-30-26(38)22(35(9)10)15-18(3)42-30/h17-23,26-28,30,38H,12-16H2,1-11H3/t17-,18-,19+,20+,21-,22+,23-,26-,27-,28+,30+,32-,33-/m1/s1. The Labute approximate surface area is 268 Å². The molecule has 4 aliphatic heterocycles. The Morgan fingerprint density at radius 2 is 1.76 bits per heavy atom. The van der Waals surface area contributed by atoms with Crippen molar-refractivity contribution in [3.05, 3.63) is 0 Å². The number of cyclic esters (lactones) is 1. The van der Waals surface area contributed by atoms with Crippen LogP contribution in [0.5, 0.6) is 0 Å². The first-order chi connectivity index (χ1) is 21.0. The summed E-state index contributed by atoms with van der Waals surface area (Å²) in [6.07, 6.45) is -2.91. The number of aliphatic hydroxyl groups is 1. The lowest BCUT2D eigenvalue weighted by molar-refractivity contribution is -0.295. The highest BCUT2D eigenvalue weighted by atomic mass is 16.7. The number of fused-ring (bicyclic) bond motifs is 1. The van der Waals surface area contributed by atoms with Crippen LogP contribution < -0.4 is 0 Å². The zero-order chi connectivity index (χ0) is 33.6. The summed E-state index contributed by atoms with van der Waals surface area (Å²) in [6, 6.07) is -0.652. The van der Waals surface area contributed by atoms with Crippen LogP contribution in [-0.2, 0) is 33.3 Å². The first kappa shape index (κ1) is 35.7. The molecule has 0 radical (unpaired) electrons. The van der Waals surface area contributed by atoms with Gasteiger partial charge in [0.2, 0.25) is 0 Å². The SMILES string of the molecule is CC[C@H]1OC(=O)[C@H](C)C(=O)[C@H](C)[C@H](O[C@@H]2O[C@H](C)C[C@H](N(C)C)[C@H]2O)[C@](C)(OC)C[C@@H](C)C2=NCCN3C(=O)O[C@@]1(C)[C@H]3[C@H]2C. The molecular formula is C33H55N3O9. The van der Waals surface area contributed by atoms with Gasteiger partial charge in [-0.3, -0.25) is 19.5 Å². The maximum absolute atomic E-state index is 14.1. The number of rotatable bonds is 5. The topological polar surface area (TPSA) is 136 Å². The number of aliphatic imine (C=N–C) groups is 1. The van der Waals surface area contributed by atoms with Crippen LogP contribution in [0.3, 0.4) is 0 Å². The van der Waals surface area contributed by atoms with Crippen LogP contribution in [0, 0.1) is 23.7 Å². The summed E-state index contributed by atoms with van der Waals surface area (Å²) < 4.78 is 31.1. The second kappa shape index (κ2) is 13.5. The van der Waals surface area contributed by atoms with Crippen molar-refractivity contribution in [1.29, 1.82) is 0 Å². The van der Waals surface area contributed by atoms with Crippen LogP contribution in [0.25, 0.3) is 0 Å². The van der Waals surface area contributed by atoms with E-state index >= 15 is 0 Å². The molecule has 12 heteroatoms. The Balaban J connectivity index is 1.80. The molecule has 13 atom stereocenters. The van der Waals surface area contributed by atoms with E-state index in [1.165, 1.54) is 6.92 Å². The summed E-state index contributed by atoms with van der Waals surface area (Å²) in [5.41, 5.74) is -1.31. The molecule has 1 N–H and O–H groups in total. The van der Waals surface area contributed by atoms with Crippen LogP contribution in [0.4, 0.5) is 4.79 Å². The lowest BCUT2D eigenvalue weighted by atomic mass is 9.73. The zero-order valence-corrected chi connectivity index (χ0v) is 28.9. The molecule has 1 amide bonds. The molecular weight excluding hydrogens is 582 g/mol. The molecule has 4 aliphatic rings. The van der Waals surface area contributed by atoms with Gasteiger partial charge in [-0.05, 0) is 67.0 Å². The number of methoxy groups -OCH3 is 1. The predicted molar refractivity (Wildman–Crippen MR) is 167 cm³/mol. The maximum Gasteiger partial charge on any atom is 0.410 e. The minimum absolute atomic E-state index is 0.146. The molecule has 0 unspecified atom stereocenters. The summed E-state index contributed by atoms with van der Waals surface area (Å²) >= 11 is 0. The lowest BCUT2D eigenvalue weighted by Crippen LogP contribution is -2.60. The van der Waals surface area contributed by atoms with Gasteiger partial charge in [0, 0.05) is 37.2 Å². The van der Waals surface area contributed by atoms with Crippen LogP contribution in [0.2, 0.25) is 0 Å². The van der Waals surface area contributed by atoms with E-state index in [4.69, 9.17) is 28.7 Å². The van der Waals surface area contributed by atoms with E-state index in [9.17, 15) is 19.5 Å². The highest BCUT2D eigenvalue weighted by Gasteiger charge is 2.60. The summed E-state index contributed by atoms with van der Waals surface area (Å²) in [4.78, 5) is 49.6. The fourth-order valence-corrected chi connectivity index (χ4v) is 8.31. The van der Waals surface area contributed by atoms with Crippen LogP contribution in [0.15, 0.2) is 4.99 Å². The monoisotopic (exact) mass is 637 g/mol. The van der Waals surface area contributed by atoms with Crippen molar-refractivity contribution in [3.63, 3.8) is 0 Å². The number of carbonyl (C=O) groups is 3. The average Bonchev–Trinajstić information content (AvgIpc) is 3.11. The molecule has 3 saturated heterocycles. The van der Waals surface area contributed by atoms with E-state index in [2.05, 4.69) is 6.92 Å². The van der Waals surface area contributed by atoms with Gasteiger partial charge in [0.1, 0.15) is 18.1 Å². The van der Waals surface area contributed by atoms with Crippen molar-refractivity contribution in [2.45, 2.75) is 129 Å². The zero-order valence-electron chi connectivity index (χ0n) is 28.9. The van der Waals surface area contributed by atoms with Gasteiger partial charge >= 0.3 is 12.1 Å². The van der Waals surface area contributed by atoms with Crippen LogP contribution in [0.1, 0.15) is 74.7 Å². The molecule has 45 heavy (non-hydrogen) atoms. The summed E-state index contributed by atoms with van der Waals surface area (Å²) in [6.45, 7) is 15.7. The third kappa shape index (κ3) is 6.54. The van der Waals surface area contributed by atoms with E-state index < -0.39 is 65.7 Å². The van der Waals surface area contributed by atoms with E-state index in [0.717, 1.165) is 5.71 Å². The summed E-state index contributed by atoms with van der Waals surface area (Å²) in [5, 5.41) is 11.4. The molecule has 2 bridgehead atoms. The van der Waals surface area contributed by atoms with Crippen molar-refractivity contribution < 1.29 is 43.2 Å². The molecule has 4 heterocycles. The van der Waals surface area contributed by atoms with E-state index in [-0.39, 0.29) is 29.8 Å². The Hall–Kier alpha value is -2.12. The van der Waals surface area contributed by atoms with Gasteiger partial charge in [-0.1, -0.05) is 27.7 Å². The fourth-order valence-electron chi connectivity index (χ4n) is 8.31. The molecule has 0 aromatic rings. The van der Waals surface area contributed by atoms with Gasteiger partial charge in [0.25, 0.3) is 0 Å². The lowest BCUT2D eigenvalue weighted by Gasteiger charge is -2.47. The van der Waals surface area contributed by atoms with Crippen molar-refractivity contribution in [1.82, 2.24) is 9.80 Å². The highest BCUT2D eigenvalue weighted by Crippen LogP contribution is 2.44. The molecule has 4 rings (SSSR count). The summed E-state index contributed by atoms with van der Waals surface area (Å²) in [5.74, 6) is -3.41. The number of likely N-dealkylation sites (N-methyl/N-ethyl adjacent to an activating group) is 1. The first-order valence-electron chi connectivity index (χ1n) is 16.5. The minimum Gasteiger partial charge on any atom is -0.458 e. The Bertz CT molecular complexity index is 1150. The average molecular weight is 638 g/mol. The number of esters is 1. The number of nitrogens with zero attached hydrogens (tertiary/aromatic N) is 3. The van der Waals surface area contributed by atoms with E-state index in [1.54, 1.807) is 18.9 Å². The van der Waals surface area contributed by atoms with Crippen molar-refractivity contribution >= 4 is 23.6 Å². The fraction of sp³-hybridized carbons (Fsp3) is 0.879. The number of ketones is 1. The van der Waals surface area contributed by atoms with Gasteiger partial charge in [-0.2, -0.15) is 0 Å². The van der Waals surface area contributed by atoms with Crippen molar-refractivity contribution in [3.8, 4) is 0 Å². The number of carbonyl (C=O) groups excluding carboxylic acids is 3. The third-order valence-electron chi connectivity index (χ3n) is 10.8. The number of amides is 1. The normalized spacial score (nSPS) is 45.0. The molecule has 0 aromatic heterocycles. The van der Waals surface area contributed by atoms with Gasteiger partial charge in [0.05, 0.1) is 30.4 Å². The molecule has 0 aromatic carbocycles. The molecule has 12 nitrogen and oxygen atoms in total. The second-order valence-corrected chi connectivity index (χ2v) is 14.3. The number of ether oxygens (including phenoxy) is 5. The number of hydrogen-bond donors (Lipinski definition) is 1. The third-order valence-corrected chi connectivity index (χ3v) is 10.8. The van der Waals surface area contributed by atoms with Gasteiger partial charge in [-0.15, -0.1) is 0 Å². The van der Waals surface area contributed by atoms with Gasteiger partial charge in [0.15, 0.2) is 17.7 Å². The van der Waals surface area contributed by atoms with Crippen molar-refractivity contribution in [2.24, 2.45) is 28.7 Å². The van der Waals surface area contributed by atoms with E-state index in [0.29, 0.717) is 32.4 Å². The predicted octanol–water partition coefficient (Wildman–Crippen LogP) is 3.08. The highest BCUT2D eigenvalue weighted by molar-refractivity contribution is 6.00. The maximum atomic E-state index is 14.1. The molecule has 0 aliphatic carbocycles. The molecule has 0 spiro atoms. The van der Waals surface area contributed by atoms with Crippen LogP contribution >= 0.6 is 0 Å². The molecule has 0 saturated carbocycles. The van der Waals surface area contributed by atoms with Gasteiger partial charge in [-0.25, -0.2) is 4.79 Å². The van der Waals surface area contributed by atoms with Gasteiger partial charge < -0.3 is 33.7 Å². The van der Waals surface area contributed by atoms with Crippen molar-refractivity contribution in [2.75, 3.05) is 34.3 Å². The Morgan fingerprint density at radius 1 is 1.09 bits per heavy atom. The summed E-state index contributed by atoms with van der Waals surface area (Å²) in [7, 11) is 5.38. The Morgan fingerprint density at radius 3 is 2.36 bits per heavy atom. The minimum atomic E-state index is -1.14. The number of aliphatic hydroxyl groups excluding tert-OH is 1. The Kier molecular flexibility index (Phi) is 10.8. The van der Waals surface area contributed by atoms with Crippen LogP contribution in [-0.4, -0.2) is 127 Å². The smallest absolute Gasteiger partial charge is 0.410 e. The quantitative estimate of drug-likeness (QED) is 0.354. The number of Topliss-reactive ketones (excluding diaryl/α,β-unsaturated/α-hetero) is 1. The molecule has 3 fully saturated rings.